The second-order valence-corrected chi connectivity index (χ2v) is 3.90. The Hall–Kier alpha value is -0.380. The quantitative estimate of drug-likeness (QED) is 0.688. The summed E-state index contributed by atoms with van der Waals surface area (Å²) in [4.78, 5) is 0. The van der Waals surface area contributed by atoms with Gasteiger partial charge in [-0.3, -0.25) is 0 Å². The first-order valence-electron chi connectivity index (χ1n) is 5.21. The number of aliphatic hydroxyl groups excluding tert-OH is 1. The summed E-state index contributed by atoms with van der Waals surface area (Å²) >= 11 is 0. The lowest BCUT2D eigenvalue weighted by molar-refractivity contribution is -0.171. The molecule has 3 nitrogen and oxygen atoms in total. The van der Waals surface area contributed by atoms with Gasteiger partial charge in [0.15, 0.2) is 5.79 Å². The van der Waals surface area contributed by atoms with Crippen LogP contribution in [0, 0.1) is 0 Å². The number of aliphatic hydroxyl groups is 1. The Labute approximate surface area is 85.7 Å². The summed E-state index contributed by atoms with van der Waals surface area (Å²) in [6.45, 7) is 5.57. The molecular weight excluding hydrogens is 180 g/mol. The van der Waals surface area contributed by atoms with Crippen LogP contribution in [0.2, 0.25) is 0 Å². The van der Waals surface area contributed by atoms with Crippen molar-refractivity contribution < 1.29 is 14.6 Å². The Kier molecular flexibility index (Phi) is 4.58. The lowest BCUT2D eigenvalue weighted by Gasteiger charge is -2.26. The predicted octanol–water partition coefficient (Wildman–Crippen LogP) is 1.86. The zero-order valence-corrected chi connectivity index (χ0v) is 9.08. The first-order valence-corrected chi connectivity index (χ1v) is 5.21. The van der Waals surface area contributed by atoms with Crippen LogP contribution in [-0.4, -0.2) is 30.7 Å². The number of hydrogen-bond donors (Lipinski definition) is 1. The molecule has 0 aromatic rings. The molecule has 0 bridgehead atoms. The maximum Gasteiger partial charge on any atom is 0.170 e. The highest BCUT2D eigenvalue weighted by Crippen LogP contribution is 2.28. The van der Waals surface area contributed by atoms with Crippen LogP contribution < -0.4 is 0 Å². The third-order valence-corrected chi connectivity index (χ3v) is 2.38. The smallest absolute Gasteiger partial charge is 0.170 e. The highest BCUT2D eigenvalue weighted by Gasteiger charge is 2.34. The molecule has 1 N–H and O–H groups in total. The van der Waals surface area contributed by atoms with E-state index in [9.17, 15) is 0 Å². The average molecular weight is 200 g/mol. The van der Waals surface area contributed by atoms with E-state index in [0.717, 1.165) is 12.8 Å². The number of rotatable bonds is 5. The van der Waals surface area contributed by atoms with E-state index in [4.69, 9.17) is 14.6 Å². The maximum atomic E-state index is 8.92. The predicted molar refractivity (Wildman–Crippen MR) is 55.0 cm³/mol. The molecule has 1 aliphatic heterocycles. The molecule has 0 unspecified atom stereocenters. The largest absolute Gasteiger partial charge is 0.396 e. The van der Waals surface area contributed by atoms with E-state index < -0.39 is 5.79 Å². The standard InChI is InChI=1S/C11H20O3/c1-10(2)4-3-5-11(6-7-12)13-8-9-14-11/h4,12H,3,5-9H2,1-2H3. The summed E-state index contributed by atoms with van der Waals surface area (Å²) in [5.74, 6) is -0.513. The van der Waals surface area contributed by atoms with Crippen LogP contribution in [0.3, 0.4) is 0 Å². The zero-order valence-electron chi connectivity index (χ0n) is 9.08. The molecule has 1 heterocycles. The van der Waals surface area contributed by atoms with Crippen molar-refractivity contribution in [3.8, 4) is 0 Å². The van der Waals surface area contributed by atoms with Gasteiger partial charge in [0.1, 0.15) is 0 Å². The molecule has 14 heavy (non-hydrogen) atoms. The molecule has 0 amide bonds. The fourth-order valence-corrected chi connectivity index (χ4v) is 1.66. The second-order valence-electron chi connectivity index (χ2n) is 3.90. The molecule has 0 spiro atoms. The van der Waals surface area contributed by atoms with Gasteiger partial charge >= 0.3 is 0 Å². The Morgan fingerprint density at radius 3 is 2.43 bits per heavy atom. The van der Waals surface area contributed by atoms with Crippen molar-refractivity contribution in [1.82, 2.24) is 0 Å². The topological polar surface area (TPSA) is 38.7 Å². The minimum absolute atomic E-state index is 0.120. The van der Waals surface area contributed by atoms with Crippen LogP contribution in [0.4, 0.5) is 0 Å². The molecule has 0 atom stereocenters. The minimum atomic E-state index is -0.513. The van der Waals surface area contributed by atoms with Crippen molar-refractivity contribution in [2.45, 2.75) is 38.9 Å². The van der Waals surface area contributed by atoms with Gasteiger partial charge in [0, 0.05) is 19.4 Å². The first kappa shape index (κ1) is 11.7. The summed E-state index contributed by atoms with van der Waals surface area (Å²) in [5, 5.41) is 8.92. The lowest BCUT2D eigenvalue weighted by Crippen LogP contribution is -2.31. The first-order chi connectivity index (χ1) is 6.68. The van der Waals surface area contributed by atoms with Gasteiger partial charge in [0.05, 0.1) is 13.2 Å². The molecule has 1 rings (SSSR count). The van der Waals surface area contributed by atoms with Gasteiger partial charge in [-0.1, -0.05) is 11.6 Å². The van der Waals surface area contributed by atoms with E-state index in [-0.39, 0.29) is 6.61 Å². The highest BCUT2D eigenvalue weighted by molar-refractivity contribution is 4.94. The average Bonchev–Trinajstić information content (AvgIpc) is 2.53. The van der Waals surface area contributed by atoms with Crippen LogP contribution in [-0.2, 0) is 9.47 Å². The molecule has 82 valence electrons. The summed E-state index contributed by atoms with van der Waals surface area (Å²) in [6, 6.07) is 0. The van der Waals surface area contributed by atoms with E-state index in [1.807, 2.05) is 0 Å². The van der Waals surface area contributed by atoms with Crippen molar-refractivity contribution in [1.29, 1.82) is 0 Å². The molecule has 3 heteroatoms. The van der Waals surface area contributed by atoms with Crippen LogP contribution in [0.5, 0.6) is 0 Å². The number of hydrogen-bond acceptors (Lipinski definition) is 3. The van der Waals surface area contributed by atoms with Gasteiger partial charge in [0.25, 0.3) is 0 Å². The molecule has 1 aliphatic rings. The Morgan fingerprint density at radius 2 is 1.93 bits per heavy atom. The van der Waals surface area contributed by atoms with Gasteiger partial charge in [-0.15, -0.1) is 0 Å². The number of ether oxygens (including phenoxy) is 2. The molecule has 1 fully saturated rings. The Morgan fingerprint density at radius 1 is 1.29 bits per heavy atom. The van der Waals surface area contributed by atoms with Crippen molar-refractivity contribution >= 4 is 0 Å². The summed E-state index contributed by atoms with van der Waals surface area (Å²) in [6.07, 6.45) is 4.52. The normalized spacial score (nSPS) is 19.6. The minimum Gasteiger partial charge on any atom is -0.396 e. The molecule has 0 aromatic heterocycles. The van der Waals surface area contributed by atoms with E-state index in [1.54, 1.807) is 0 Å². The SMILES string of the molecule is CC(C)=CCCC1(CCO)OCCO1. The van der Waals surface area contributed by atoms with E-state index in [0.29, 0.717) is 19.6 Å². The number of allylic oxidation sites excluding steroid dienone is 2. The van der Waals surface area contributed by atoms with Gasteiger partial charge in [0.2, 0.25) is 0 Å². The molecule has 1 saturated heterocycles. The summed E-state index contributed by atoms with van der Waals surface area (Å²) in [7, 11) is 0. The Balaban J connectivity index is 2.39. The highest BCUT2D eigenvalue weighted by atomic mass is 16.7. The van der Waals surface area contributed by atoms with Crippen LogP contribution in [0.1, 0.15) is 33.1 Å². The van der Waals surface area contributed by atoms with E-state index >= 15 is 0 Å². The van der Waals surface area contributed by atoms with Gasteiger partial charge in [-0.2, -0.15) is 0 Å². The Bertz CT molecular complexity index is 189. The monoisotopic (exact) mass is 200 g/mol. The van der Waals surface area contributed by atoms with Gasteiger partial charge in [-0.25, -0.2) is 0 Å². The fraction of sp³-hybridized carbons (Fsp3) is 0.818. The molecular formula is C11H20O3. The van der Waals surface area contributed by atoms with Crippen molar-refractivity contribution in [3.63, 3.8) is 0 Å². The lowest BCUT2D eigenvalue weighted by atomic mass is 10.1. The van der Waals surface area contributed by atoms with Crippen LogP contribution in [0.25, 0.3) is 0 Å². The van der Waals surface area contributed by atoms with Crippen molar-refractivity contribution in [3.05, 3.63) is 11.6 Å². The molecule has 0 aromatic carbocycles. The molecule has 0 saturated carbocycles. The summed E-state index contributed by atoms with van der Waals surface area (Å²) in [5.41, 5.74) is 1.31. The summed E-state index contributed by atoms with van der Waals surface area (Å²) < 4.78 is 11.1. The molecule has 0 aliphatic carbocycles. The van der Waals surface area contributed by atoms with Crippen LogP contribution >= 0.6 is 0 Å². The van der Waals surface area contributed by atoms with Crippen LogP contribution in [0.15, 0.2) is 11.6 Å². The van der Waals surface area contributed by atoms with E-state index in [1.165, 1.54) is 5.57 Å². The maximum absolute atomic E-state index is 8.92. The molecule has 0 radical (unpaired) electrons. The zero-order chi connectivity index (χ0) is 10.4. The third kappa shape index (κ3) is 3.40. The van der Waals surface area contributed by atoms with Gasteiger partial charge < -0.3 is 14.6 Å². The van der Waals surface area contributed by atoms with Gasteiger partial charge in [-0.05, 0) is 20.3 Å². The second kappa shape index (κ2) is 5.49. The fourth-order valence-electron chi connectivity index (χ4n) is 1.66. The van der Waals surface area contributed by atoms with Crippen molar-refractivity contribution in [2.24, 2.45) is 0 Å². The van der Waals surface area contributed by atoms with Crippen molar-refractivity contribution in [2.75, 3.05) is 19.8 Å². The van der Waals surface area contributed by atoms with E-state index in [2.05, 4.69) is 19.9 Å². The third-order valence-electron chi connectivity index (χ3n) is 2.38.